The molecular formula is C17H23FN2O4S. The molecule has 2 heterocycles. The molecule has 0 aliphatic carbocycles. The summed E-state index contributed by atoms with van der Waals surface area (Å²) in [5, 5.41) is 8.63. The van der Waals surface area contributed by atoms with Crippen LogP contribution in [0.1, 0.15) is 19.3 Å². The molecule has 2 unspecified atom stereocenters. The molecule has 6 nitrogen and oxygen atoms in total. The molecule has 8 heteroatoms. The summed E-state index contributed by atoms with van der Waals surface area (Å²) in [6.07, 6.45) is 2.13. The van der Waals surface area contributed by atoms with Crippen LogP contribution < -0.4 is 0 Å². The number of aliphatic hydroxyl groups is 1. The zero-order valence-corrected chi connectivity index (χ0v) is 14.8. The predicted molar refractivity (Wildman–Crippen MR) is 90.3 cm³/mol. The van der Waals surface area contributed by atoms with E-state index in [0.717, 1.165) is 25.0 Å². The van der Waals surface area contributed by atoms with Crippen molar-refractivity contribution < 1.29 is 22.7 Å². The van der Waals surface area contributed by atoms with Crippen LogP contribution in [0.25, 0.3) is 0 Å². The van der Waals surface area contributed by atoms with E-state index >= 15 is 0 Å². The standard InChI is InChI=1S/C17H23FN2O4S/c18-14-3-5-15(6-4-14)25(23,24)16-7-9-20(11-16)17(22)19-8-1-2-13(10-19)12-21/h3-6,13,16,21H,1-2,7-12H2. The van der Waals surface area contributed by atoms with Gasteiger partial charge in [-0.1, -0.05) is 0 Å². The number of nitrogens with zero attached hydrogens (tertiary/aromatic N) is 2. The lowest BCUT2D eigenvalue weighted by molar-refractivity contribution is 0.111. The average Bonchev–Trinajstić information content (AvgIpc) is 3.12. The molecular weight excluding hydrogens is 347 g/mol. The van der Waals surface area contributed by atoms with E-state index in [-0.39, 0.29) is 30.0 Å². The molecule has 2 amide bonds. The van der Waals surface area contributed by atoms with E-state index < -0.39 is 20.9 Å². The Morgan fingerprint density at radius 2 is 1.80 bits per heavy atom. The first-order valence-corrected chi connectivity index (χ1v) is 10.1. The second kappa shape index (κ2) is 7.29. The number of benzene rings is 1. The fourth-order valence-corrected chi connectivity index (χ4v) is 5.25. The molecule has 2 aliphatic heterocycles. The summed E-state index contributed by atoms with van der Waals surface area (Å²) in [5.41, 5.74) is 0. The summed E-state index contributed by atoms with van der Waals surface area (Å²) in [6, 6.07) is 4.65. The molecule has 0 radical (unpaired) electrons. The molecule has 2 atom stereocenters. The molecule has 1 N–H and O–H groups in total. The van der Waals surface area contributed by atoms with Gasteiger partial charge in [-0.25, -0.2) is 17.6 Å². The lowest BCUT2D eigenvalue weighted by Gasteiger charge is -2.34. The summed E-state index contributed by atoms with van der Waals surface area (Å²) in [7, 11) is -3.59. The van der Waals surface area contributed by atoms with Crippen LogP contribution in [0.4, 0.5) is 9.18 Å². The van der Waals surface area contributed by atoms with Gasteiger partial charge in [-0.05, 0) is 49.4 Å². The third-order valence-corrected chi connectivity index (χ3v) is 7.24. The number of sulfone groups is 1. The number of likely N-dealkylation sites (tertiary alicyclic amines) is 2. The summed E-state index contributed by atoms with van der Waals surface area (Å²) in [4.78, 5) is 16.0. The summed E-state index contributed by atoms with van der Waals surface area (Å²) in [6.45, 7) is 1.76. The van der Waals surface area contributed by atoms with Crippen molar-refractivity contribution in [3.63, 3.8) is 0 Å². The number of aliphatic hydroxyl groups excluding tert-OH is 1. The Hall–Kier alpha value is -1.67. The highest BCUT2D eigenvalue weighted by atomic mass is 32.2. The Kier molecular flexibility index (Phi) is 5.29. The Morgan fingerprint density at radius 1 is 1.12 bits per heavy atom. The van der Waals surface area contributed by atoms with Crippen LogP contribution >= 0.6 is 0 Å². The Balaban J connectivity index is 1.66. The number of hydrogen-bond acceptors (Lipinski definition) is 4. The zero-order chi connectivity index (χ0) is 18.0. The Bertz CT molecular complexity index is 723. The molecule has 0 aromatic heterocycles. The molecule has 138 valence electrons. The van der Waals surface area contributed by atoms with Gasteiger partial charge in [-0.3, -0.25) is 0 Å². The van der Waals surface area contributed by atoms with Gasteiger partial charge >= 0.3 is 6.03 Å². The maximum absolute atomic E-state index is 13.0. The van der Waals surface area contributed by atoms with Gasteiger partial charge in [-0.15, -0.1) is 0 Å². The highest BCUT2D eigenvalue weighted by Gasteiger charge is 2.38. The van der Waals surface area contributed by atoms with Crippen LogP contribution in [-0.4, -0.2) is 67.4 Å². The smallest absolute Gasteiger partial charge is 0.320 e. The SMILES string of the molecule is O=C(N1CCCC(CO)C1)N1CCC(S(=O)(=O)c2ccc(F)cc2)C1. The van der Waals surface area contributed by atoms with Gasteiger partial charge in [0.1, 0.15) is 5.82 Å². The molecule has 0 spiro atoms. The molecule has 2 fully saturated rings. The Labute approximate surface area is 147 Å². The fraction of sp³-hybridized carbons (Fsp3) is 0.588. The minimum absolute atomic E-state index is 0.0609. The second-order valence-corrected chi connectivity index (χ2v) is 9.00. The van der Waals surface area contributed by atoms with Gasteiger partial charge in [0.2, 0.25) is 0 Å². The van der Waals surface area contributed by atoms with E-state index in [1.807, 2.05) is 0 Å². The minimum Gasteiger partial charge on any atom is -0.396 e. The van der Waals surface area contributed by atoms with Crippen LogP contribution in [0.3, 0.4) is 0 Å². The lowest BCUT2D eigenvalue weighted by atomic mass is 9.99. The van der Waals surface area contributed by atoms with Crippen LogP contribution in [0.2, 0.25) is 0 Å². The van der Waals surface area contributed by atoms with E-state index in [2.05, 4.69) is 0 Å². The first kappa shape index (κ1) is 18.1. The molecule has 0 bridgehead atoms. The van der Waals surface area contributed by atoms with Crippen molar-refractivity contribution >= 4 is 15.9 Å². The molecule has 25 heavy (non-hydrogen) atoms. The van der Waals surface area contributed by atoms with E-state index in [1.54, 1.807) is 9.80 Å². The van der Waals surface area contributed by atoms with Gasteiger partial charge in [0.05, 0.1) is 10.1 Å². The zero-order valence-electron chi connectivity index (χ0n) is 14.0. The molecule has 1 aromatic carbocycles. The number of amides is 2. The van der Waals surface area contributed by atoms with Crippen molar-refractivity contribution in [2.24, 2.45) is 5.92 Å². The van der Waals surface area contributed by atoms with Crippen LogP contribution in [0.15, 0.2) is 29.2 Å². The van der Waals surface area contributed by atoms with Crippen LogP contribution in [0.5, 0.6) is 0 Å². The number of urea groups is 1. The van der Waals surface area contributed by atoms with E-state index in [0.29, 0.717) is 26.1 Å². The van der Waals surface area contributed by atoms with Crippen LogP contribution in [0, 0.1) is 11.7 Å². The van der Waals surface area contributed by atoms with Gasteiger partial charge in [0.15, 0.2) is 9.84 Å². The lowest BCUT2D eigenvalue weighted by Crippen LogP contribution is -2.47. The molecule has 3 rings (SSSR count). The maximum Gasteiger partial charge on any atom is 0.320 e. The third kappa shape index (κ3) is 3.79. The Morgan fingerprint density at radius 3 is 2.48 bits per heavy atom. The van der Waals surface area contributed by atoms with Gasteiger partial charge in [0, 0.05) is 32.8 Å². The summed E-state index contributed by atoms with van der Waals surface area (Å²) < 4.78 is 38.4. The molecule has 1 aromatic rings. The number of piperidine rings is 1. The first-order chi connectivity index (χ1) is 11.9. The first-order valence-electron chi connectivity index (χ1n) is 8.56. The van der Waals surface area contributed by atoms with Gasteiger partial charge in [-0.2, -0.15) is 0 Å². The van der Waals surface area contributed by atoms with E-state index in [9.17, 15) is 22.7 Å². The fourth-order valence-electron chi connectivity index (χ4n) is 3.56. The predicted octanol–water partition coefficient (Wildman–Crippen LogP) is 1.50. The maximum atomic E-state index is 13.0. The van der Waals surface area contributed by atoms with E-state index in [4.69, 9.17) is 0 Å². The van der Waals surface area contributed by atoms with Crippen molar-refractivity contribution in [3.05, 3.63) is 30.1 Å². The highest BCUT2D eigenvalue weighted by molar-refractivity contribution is 7.92. The average molecular weight is 370 g/mol. The number of halogens is 1. The summed E-state index contributed by atoms with van der Waals surface area (Å²) >= 11 is 0. The number of carbonyl (C=O) groups is 1. The monoisotopic (exact) mass is 370 g/mol. The summed E-state index contributed by atoms with van der Waals surface area (Å²) in [5.74, 6) is -0.384. The van der Waals surface area contributed by atoms with Crippen molar-refractivity contribution in [3.8, 4) is 0 Å². The minimum atomic E-state index is -3.59. The molecule has 0 saturated carbocycles. The van der Waals surface area contributed by atoms with E-state index in [1.165, 1.54) is 12.1 Å². The van der Waals surface area contributed by atoms with Gasteiger partial charge in [0.25, 0.3) is 0 Å². The quantitative estimate of drug-likeness (QED) is 0.818. The molecule has 2 aliphatic rings. The van der Waals surface area contributed by atoms with Crippen LogP contribution in [-0.2, 0) is 9.84 Å². The number of hydrogen-bond donors (Lipinski definition) is 1. The highest BCUT2D eigenvalue weighted by Crippen LogP contribution is 2.26. The third-order valence-electron chi connectivity index (χ3n) is 5.04. The topological polar surface area (TPSA) is 77.9 Å². The normalized spacial score (nSPS) is 24.6. The van der Waals surface area contributed by atoms with Crippen molar-refractivity contribution in [2.75, 3.05) is 32.8 Å². The van der Waals surface area contributed by atoms with Gasteiger partial charge < -0.3 is 14.9 Å². The van der Waals surface area contributed by atoms with Crippen molar-refractivity contribution in [1.29, 1.82) is 0 Å². The largest absolute Gasteiger partial charge is 0.396 e. The number of rotatable bonds is 3. The second-order valence-electron chi connectivity index (χ2n) is 6.78. The number of carbonyl (C=O) groups excluding carboxylic acids is 1. The molecule has 2 saturated heterocycles. The van der Waals surface area contributed by atoms with Crippen molar-refractivity contribution in [1.82, 2.24) is 9.80 Å². The van der Waals surface area contributed by atoms with Crippen molar-refractivity contribution in [2.45, 2.75) is 29.4 Å².